The first-order valence-corrected chi connectivity index (χ1v) is 12.0. The molecule has 176 valence electrons. The zero-order chi connectivity index (χ0) is 23.9. The van der Waals surface area contributed by atoms with Crippen LogP contribution in [0.2, 0.25) is 0 Å². The molecule has 2 amide bonds. The lowest BCUT2D eigenvalue weighted by atomic mass is 9.92. The Morgan fingerprint density at radius 3 is 2.20 bits per heavy atom. The number of amides is 2. The number of hydrogen-bond acceptors (Lipinski definition) is 3. The first kappa shape index (κ1) is 21.5. The Morgan fingerprint density at radius 1 is 0.886 bits per heavy atom. The van der Waals surface area contributed by atoms with E-state index in [-0.39, 0.29) is 18.0 Å². The number of nitrogens with zero attached hydrogens (tertiary/aromatic N) is 3. The number of carbonyl (C=O) groups is 2. The van der Waals surface area contributed by atoms with Gasteiger partial charge in [-0.3, -0.25) is 0 Å². The molecule has 1 saturated heterocycles. The van der Waals surface area contributed by atoms with Gasteiger partial charge >= 0.3 is 12.0 Å². The monoisotopic (exact) mass is 465 g/mol. The number of hydrogen-bond donors (Lipinski definition) is 0. The number of esters is 1. The van der Waals surface area contributed by atoms with Crippen molar-refractivity contribution in [2.45, 2.75) is 31.6 Å². The van der Waals surface area contributed by atoms with Crippen molar-refractivity contribution in [1.29, 1.82) is 0 Å². The van der Waals surface area contributed by atoms with Gasteiger partial charge in [0.2, 0.25) is 0 Å². The minimum absolute atomic E-state index is 0.114. The van der Waals surface area contributed by atoms with E-state index >= 15 is 0 Å². The predicted octanol–water partition coefficient (Wildman–Crippen LogP) is 4.77. The van der Waals surface area contributed by atoms with Crippen LogP contribution in [0.5, 0.6) is 0 Å². The van der Waals surface area contributed by atoms with E-state index in [4.69, 9.17) is 4.74 Å². The lowest BCUT2D eigenvalue weighted by Gasteiger charge is -2.36. The average molecular weight is 466 g/mol. The van der Waals surface area contributed by atoms with Crippen LogP contribution in [0.1, 0.15) is 28.4 Å². The average Bonchev–Trinajstić information content (AvgIpc) is 3.39. The van der Waals surface area contributed by atoms with E-state index in [9.17, 15) is 9.59 Å². The Kier molecular flexibility index (Phi) is 5.29. The highest BCUT2D eigenvalue weighted by molar-refractivity contribution is 5.91. The van der Waals surface area contributed by atoms with Gasteiger partial charge in [-0.25, -0.2) is 9.59 Å². The molecule has 3 aromatic carbocycles. The summed E-state index contributed by atoms with van der Waals surface area (Å²) >= 11 is 0. The van der Waals surface area contributed by atoms with E-state index in [0.29, 0.717) is 26.1 Å². The molecule has 0 N–H and O–H groups in total. The molecule has 6 rings (SSSR count). The van der Waals surface area contributed by atoms with Crippen molar-refractivity contribution in [1.82, 2.24) is 14.4 Å². The van der Waals surface area contributed by atoms with Crippen molar-refractivity contribution in [3.63, 3.8) is 0 Å². The molecule has 2 aliphatic heterocycles. The van der Waals surface area contributed by atoms with E-state index in [2.05, 4.69) is 28.8 Å². The smallest absolute Gasteiger partial charge is 0.329 e. The maximum Gasteiger partial charge on any atom is 0.329 e. The van der Waals surface area contributed by atoms with Crippen LogP contribution in [0.4, 0.5) is 4.79 Å². The van der Waals surface area contributed by atoms with Crippen molar-refractivity contribution in [2.75, 3.05) is 13.7 Å². The lowest BCUT2D eigenvalue weighted by molar-refractivity contribution is -0.146. The fraction of sp³-hybridized carbons (Fsp3) is 0.241. The van der Waals surface area contributed by atoms with Gasteiger partial charge in [-0.15, -0.1) is 0 Å². The number of urea groups is 1. The summed E-state index contributed by atoms with van der Waals surface area (Å²) in [5.41, 5.74) is 5.66. The van der Waals surface area contributed by atoms with Gasteiger partial charge in [0.15, 0.2) is 0 Å². The van der Waals surface area contributed by atoms with E-state index in [1.807, 2.05) is 65.6 Å². The van der Waals surface area contributed by atoms with E-state index < -0.39 is 6.04 Å². The molecule has 2 atom stereocenters. The molecule has 0 radical (unpaired) electrons. The summed E-state index contributed by atoms with van der Waals surface area (Å²) in [6, 6.07) is 27.7. The Bertz CT molecular complexity index is 1400. The van der Waals surface area contributed by atoms with Crippen LogP contribution in [-0.4, -0.2) is 46.1 Å². The number of fused-ring (bicyclic) bond motifs is 5. The topological polar surface area (TPSA) is 54.8 Å². The summed E-state index contributed by atoms with van der Waals surface area (Å²) < 4.78 is 7.51. The van der Waals surface area contributed by atoms with Crippen molar-refractivity contribution in [2.24, 2.45) is 0 Å². The summed E-state index contributed by atoms with van der Waals surface area (Å²) in [4.78, 5) is 30.2. The van der Waals surface area contributed by atoms with E-state index in [1.54, 1.807) is 4.90 Å². The SMILES string of the molecule is COC(=O)[C@@H]1Cc2c(n(Cc3ccccc3)c3ccccc23)C2CN(Cc3ccccc3)C(=O)N21. The van der Waals surface area contributed by atoms with Gasteiger partial charge in [0.25, 0.3) is 0 Å². The molecule has 6 nitrogen and oxygen atoms in total. The van der Waals surface area contributed by atoms with Gasteiger partial charge in [0.05, 0.1) is 13.2 Å². The molecule has 3 heterocycles. The number of carbonyl (C=O) groups excluding carboxylic acids is 2. The van der Waals surface area contributed by atoms with Crippen LogP contribution in [0.15, 0.2) is 84.9 Å². The summed E-state index contributed by atoms with van der Waals surface area (Å²) in [6.07, 6.45) is 0.450. The van der Waals surface area contributed by atoms with Crippen LogP contribution in [-0.2, 0) is 29.0 Å². The van der Waals surface area contributed by atoms with Crippen LogP contribution in [0, 0.1) is 0 Å². The van der Waals surface area contributed by atoms with Gasteiger partial charge < -0.3 is 19.1 Å². The Morgan fingerprint density at radius 2 is 1.51 bits per heavy atom. The Hall–Kier alpha value is -4.06. The first-order valence-electron chi connectivity index (χ1n) is 12.0. The first-order chi connectivity index (χ1) is 17.2. The third-order valence-electron chi connectivity index (χ3n) is 7.26. The third-order valence-corrected chi connectivity index (χ3v) is 7.26. The van der Waals surface area contributed by atoms with E-state index in [1.165, 1.54) is 12.7 Å². The number of aromatic nitrogens is 1. The van der Waals surface area contributed by atoms with E-state index in [0.717, 1.165) is 27.7 Å². The number of methoxy groups -OCH3 is 1. The van der Waals surface area contributed by atoms with Crippen LogP contribution >= 0.6 is 0 Å². The zero-order valence-corrected chi connectivity index (χ0v) is 19.6. The lowest BCUT2D eigenvalue weighted by Crippen LogP contribution is -2.49. The van der Waals surface area contributed by atoms with Crippen molar-refractivity contribution in [3.8, 4) is 0 Å². The zero-order valence-electron chi connectivity index (χ0n) is 19.6. The summed E-state index contributed by atoms with van der Waals surface area (Å²) in [6.45, 7) is 1.74. The van der Waals surface area contributed by atoms with Gasteiger partial charge in [-0.1, -0.05) is 78.9 Å². The molecular weight excluding hydrogens is 438 g/mol. The van der Waals surface area contributed by atoms with Gasteiger partial charge in [0.1, 0.15) is 6.04 Å². The highest BCUT2D eigenvalue weighted by Crippen LogP contribution is 2.44. The van der Waals surface area contributed by atoms with Crippen LogP contribution < -0.4 is 0 Å². The minimum Gasteiger partial charge on any atom is -0.467 e. The van der Waals surface area contributed by atoms with Crippen LogP contribution in [0.25, 0.3) is 10.9 Å². The molecule has 1 fully saturated rings. The summed E-state index contributed by atoms with van der Waals surface area (Å²) in [5.74, 6) is -0.365. The molecule has 0 aliphatic carbocycles. The standard InChI is InChI=1S/C29H27N3O3/c1-35-28(33)25-16-23-22-14-8-9-15-24(22)31(18-21-12-6-3-7-13-21)27(23)26-19-30(29(34)32(25)26)17-20-10-4-2-5-11-20/h2-15,25-26H,16-19H2,1H3/t25-,26?/m0/s1. The molecule has 1 unspecified atom stereocenters. The summed E-state index contributed by atoms with van der Waals surface area (Å²) in [5, 5.41) is 1.14. The number of rotatable bonds is 5. The fourth-order valence-corrected chi connectivity index (χ4v) is 5.73. The van der Waals surface area contributed by atoms with Gasteiger partial charge in [-0.2, -0.15) is 0 Å². The number of benzene rings is 3. The minimum atomic E-state index is -0.637. The van der Waals surface area contributed by atoms with Crippen LogP contribution in [0.3, 0.4) is 0 Å². The second kappa shape index (κ2) is 8.62. The molecule has 0 spiro atoms. The molecular formula is C29H27N3O3. The normalized spacial score (nSPS) is 19.1. The Labute approximate surface area is 204 Å². The molecule has 4 aromatic rings. The maximum absolute atomic E-state index is 13.7. The predicted molar refractivity (Wildman–Crippen MR) is 134 cm³/mol. The highest BCUT2D eigenvalue weighted by atomic mass is 16.5. The third kappa shape index (κ3) is 3.57. The molecule has 0 bridgehead atoms. The van der Waals surface area contributed by atoms with Crippen molar-refractivity contribution < 1.29 is 14.3 Å². The highest BCUT2D eigenvalue weighted by Gasteiger charge is 2.50. The molecule has 0 saturated carbocycles. The Balaban J connectivity index is 1.49. The molecule has 35 heavy (non-hydrogen) atoms. The summed E-state index contributed by atoms with van der Waals surface area (Å²) in [7, 11) is 1.40. The second-order valence-electron chi connectivity index (χ2n) is 9.27. The molecule has 6 heteroatoms. The fourth-order valence-electron chi connectivity index (χ4n) is 5.73. The number of ether oxygens (including phenoxy) is 1. The maximum atomic E-state index is 13.7. The van der Waals surface area contributed by atoms with Crippen molar-refractivity contribution in [3.05, 3.63) is 107 Å². The van der Waals surface area contributed by atoms with Gasteiger partial charge in [0, 0.05) is 42.7 Å². The molecule has 2 aliphatic rings. The molecule has 1 aromatic heterocycles. The largest absolute Gasteiger partial charge is 0.467 e. The quantitative estimate of drug-likeness (QED) is 0.399. The van der Waals surface area contributed by atoms with Gasteiger partial charge in [-0.05, 0) is 22.8 Å². The second-order valence-corrected chi connectivity index (χ2v) is 9.27. The number of para-hydroxylation sites is 1. The van der Waals surface area contributed by atoms with Crippen molar-refractivity contribution >= 4 is 22.9 Å².